The van der Waals surface area contributed by atoms with Crippen molar-refractivity contribution in [1.29, 1.82) is 0 Å². The summed E-state index contributed by atoms with van der Waals surface area (Å²) in [6.45, 7) is 1.51. The predicted molar refractivity (Wildman–Crippen MR) is 96.7 cm³/mol. The average molecular weight is 435 g/mol. The molecule has 4 nitrogen and oxygen atoms in total. The maximum atomic E-state index is 14.2. The fourth-order valence-electron chi connectivity index (χ4n) is 2.34. The first-order valence-electron chi connectivity index (χ1n) is 8.59. The van der Waals surface area contributed by atoms with Gasteiger partial charge in [-0.05, 0) is 37.1 Å². The van der Waals surface area contributed by atoms with Crippen LogP contribution in [-0.2, 0) is 22.6 Å². The minimum atomic E-state index is -4.38. The van der Waals surface area contributed by atoms with E-state index in [-0.39, 0.29) is 42.2 Å². The number of hydrogen-bond acceptors (Lipinski definition) is 5. The number of aryl methyl sites for hydroxylation is 1. The Morgan fingerprint density at radius 1 is 1.21 bits per heavy atom. The molecular weight excluding hydrogens is 417 g/mol. The summed E-state index contributed by atoms with van der Waals surface area (Å²) in [4.78, 5) is 15.2. The van der Waals surface area contributed by atoms with Crippen molar-refractivity contribution in [3.05, 3.63) is 53.2 Å². The first-order chi connectivity index (χ1) is 13.7. The van der Waals surface area contributed by atoms with Crippen LogP contribution in [0.25, 0.3) is 0 Å². The van der Waals surface area contributed by atoms with Crippen LogP contribution in [0.4, 0.5) is 22.0 Å². The number of pyridine rings is 1. The maximum Gasteiger partial charge on any atom is 0.398 e. The van der Waals surface area contributed by atoms with Crippen molar-refractivity contribution in [2.45, 2.75) is 37.6 Å². The summed E-state index contributed by atoms with van der Waals surface area (Å²) in [6.07, 6.45) is -2.99. The van der Waals surface area contributed by atoms with E-state index in [1.165, 1.54) is 18.3 Å². The molecule has 1 aromatic carbocycles. The molecule has 0 fully saturated rings. The van der Waals surface area contributed by atoms with Crippen molar-refractivity contribution in [3.8, 4) is 5.75 Å². The molecule has 0 unspecified atom stereocenters. The van der Waals surface area contributed by atoms with Crippen LogP contribution in [-0.4, -0.2) is 29.5 Å². The van der Waals surface area contributed by atoms with Gasteiger partial charge in [-0.1, -0.05) is 17.8 Å². The van der Waals surface area contributed by atoms with Crippen LogP contribution >= 0.6 is 11.8 Å². The van der Waals surface area contributed by atoms with Crippen LogP contribution < -0.4 is 4.74 Å². The Morgan fingerprint density at radius 3 is 2.52 bits per heavy atom. The number of carbonyl (C=O) groups excluding carboxylic acids is 1. The molecule has 0 bridgehead atoms. The molecule has 0 aliphatic heterocycles. The minimum absolute atomic E-state index is 0.0254. The lowest BCUT2D eigenvalue weighted by atomic mass is 10.1. The number of carbonyl (C=O) groups is 1. The number of nitrogens with zero attached hydrogens (tertiary/aromatic N) is 1. The van der Waals surface area contributed by atoms with Gasteiger partial charge in [0.1, 0.15) is 11.6 Å². The van der Waals surface area contributed by atoms with E-state index in [0.717, 1.165) is 12.1 Å². The van der Waals surface area contributed by atoms with Gasteiger partial charge < -0.3 is 9.47 Å². The second-order valence-electron chi connectivity index (χ2n) is 5.85. The Hall–Kier alpha value is -2.36. The van der Waals surface area contributed by atoms with Gasteiger partial charge in [-0.25, -0.2) is 13.8 Å². The lowest BCUT2D eigenvalue weighted by Crippen LogP contribution is -2.11. The van der Waals surface area contributed by atoms with Crippen LogP contribution in [0.3, 0.4) is 0 Å². The number of hydrogen-bond donors (Lipinski definition) is 0. The molecule has 2 aromatic rings. The van der Waals surface area contributed by atoms with Gasteiger partial charge >= 0.3 is 12.1 Å². The third-order valence-corrected chi connectivity index (χ3v) is 4.69. The Kier molecular flexibility index (Phi) is 8.24. The highest BCUT2D eigenvalue weighted by molar-refractivity contribution is 7.99. The highest BCUT2D eigenvalue weighted by atomic mass is 32.2. The maximum absolute atomic E-state index is 14.2. The monoisotopic (exact) mass is 435 g/mol. The summed E-state index contributed by atoms with van der Waals surface area (Å²) in [5.41, 5.74) is 0.523. The van der Waals surface area contributed by atoms with E-state index in [4.69, 9.17) is 9.47 Å². The summed E-state index contributed by atoms with van der Waals surface area (Å²) < 4.78 is 75.7. The number of aromatic nitrogens is 1. The van der Waals surface area contributed by atoms with Gasteiger partial charge in [0.2, 0.25) is 0 Å². The summed E-state index contributed by atoms with van der Waals surface area (Å²) >= 11 is 0.466. The zero-order chi connectivity index (χ0) is 21.4. The highest BCUT2D eigenvalue weighted by Crippen LogP contribution is 2.30. The number of rotatable bonds is 9. The zero-order valence-corrected chi connectivity index (χ0v) is 16.2. The molecule has 0 spiro atoms. The largest absolute Gasteiger partial charge is 0.483 e. The fourth-order valence-corrected chi connectivity index (χ4v) is 3.09. The standard InChI is InChI=1S/C19H18F5NO3S/c1-2-27-16(26)6-5-12-8-14(20)17(15(21)9-12)28-10-13-4-3-7-25-18(13)29-11-19(22,23)24/h3-4,7-9H,2,5-6,10-11H2,1H3. The van der Waals surface area contributed by atoms with Crippen molar-refractivity contribution >= 4 is 17.7 Å². The third-order valence-electron chi connectivity index (χ3n) is 3.58. The van der Waals surface area contributed by atoms with Crippen molar-refractivity contribution in [1.82, 2.24) is 4.98 Å². The lowest BCUT2D eigenvalue weighted by molar-refractivity contribution is -0.143. The molecule has 0 saturated carbocycles. The van der Waals surface area contributed by atoms with E-state index >= 15 is 0 Å². The van der Waals surface area contributed by atoms with Crippen molar-refractivity contribution in [2.75, 3.05) is 12.4 Å². The van der Waals surface area contributed by atoms with Crippen LogP contribution in [0.5, 0.6) is 5.75 Å². The molecule has 1 aromatic heterocycles. The Labute approximate surface area is 168 Å². The molecule has 0 radical (unpaired) electrons. The van der Waals surface area contributed by atoms with Crippen LogP contribution in [0.2, 0.25) is 0 Å². The van der Waals surface area contributed by atoms with Gasteiger partial charge in [0, 0.05) is 18.2 Å². The molecule has 158 valence electrons. The molecule has 1 heterocycles. The molecule has 0 amide bonds. The lowest BCUT2D eigenvalue weighted by Gasteiger charge is -2.13. The number of thioether (sulfide) groups is 1. The fraction of sp³-hybridized carbons (Fsp3) is 0.368. The topological polar surface area (TPSA) is 48.4 Å². The van der Waals surface area contributed by atoms with E-state index in [1.807, 2.05) is 0 Å². The Balaban J connectivity index is 2.05. The van der Waals surface area contributed by atoms with E-state index in [0.29, 0.717) is 11.8 Å². The summed E-state index contributed by atoms with van der Waals surface area (Å²) in [5, 5.41) is 0.0664. The Morgan fingerprint density at radius 2 is 1.90 bits per heavy atom. The van der Waals surface area contributed by atoms with Crippen LogP contribution in [0.1, 0.15) is 24.5 Å². The molecule has 2 rings (SSSR count). The van der Waals surface area contributed by atoms with Gasteiger partial charge in [-0.3, -0.25) is 4.79 Å². The minimum Gasteiger partial charge on any atom is -0.483 e. The molecular formula is C19H18F5NO3S. The number of benzene rings is 1. The molecule has 0 aliphatic carbocycles. The molecule has 0 saturated heterocycles. The van der Waals surface area contributed by atoms with E-state index < -0.39 is 35.3 Å². The second kappa shape index (κ2) is 10.4. The van der Waals surface area contributed by atoms with E-state index in [1.54, 1.807) is 6.92 Å². The number of halogens is 5. The summed E-state index contributed by atoms with van der Waals surface area (Å²) in [6, 6.07) is 5.04. The van der Waals surface area contributed by atoms with Crippen molar-refractivity contribution < 1.29 is 36.2 Å². The van der Waals surface area contributed by atoms with Gasteiger partial charge in [0.25, 0.3) is 0 Å². The van der Waals surface area contributed by atoms with Gasteiger partial charge in [-0.2, -0.15) is 13.2 Å². The van der Waals surface area contributed by atoms with Crippen molar-refractivity contribution in [3.63, 3.8) is 0 Å². The molecule has 0 aliphatic rings. The predicted octanol–water partition coefficient (Wildman–Crippen LogP) is 5.09. The molecule has 0 N–H and O–H groups in total. The average Bonchev–Trinajstić information content (AvgIpc) is 2.64. The molecule has 0 atom stereocenters. The third kappa shape index (κ3) is 7.52. The Bertz CT molecular complexity index is 822. The normalized spacial score (nSPS) is 11.4. The van der Waals surface area contributed by atoms with Gasteiger partial charge in [0.15, 0.2) is 17.4 Å². The number of alkyl halides is 3. The SMILES string of the molecule is CCOC(=O)CCc1cc(F)c(OCc2cccnc2SCC(F)(F)F)c(F)c1. The summed E-state index contributed by atoms with van der Waals surface area (Å²) in [5.74, 6) is -4.22. The number of ether oxygens (including phenoxy) is 2. The summed E-state index contributed by atoms with van der Waals surface area (Å²) in [7, 11) is 0. The second-order valence-corrected chi connectivity index (χ2v) is 6.82. The van der Waals surface area contributed by atoms with E-state index in [9.17, 15) is 26.7 Å². The first-order valence-corrected chi connectivity index (χ1v) is 9.58. The van der Waals surface area contributed by atoms with Gasteiger partial charge in [0.05, 0.1) is 12.4 Å². The smallest absolute Gasteiger partial charge is 0.398 e. The quantitative estimate of drug-likeness (QED) is 0.312. The molecule has 10 heteroatoms. The van der Waals surface area contributed by atoms with E-state index in [2.05, 4.69) is 4.98 Å². The highest BCUT2D eigenvalue weighted by Gasteiger charge is 2.28. The van der Waals surface area contributed by atoms with Gasteiger partial charge in [-0.15, -0.1) is 0 Å². The number of esters is 1. The van der Waals surface area contributed by atoms with Crippen LogP contribution in [0, 0.1) is 11.6 Å². The zero-order valence-electron chi connectivity index (χ0n) is 15.4. The van der Waals surface area contributed by atoms with Crippen LogP contribution in [0.15, 0.2) is 35.5 Å². The first kappa shape index (κ1) is 22.9. The van der Waals surface area contributed by atoms with Crippen molar-refractivity contribution in [2.24, 2.45) is 0 Å². The molecule has 29 heavy (non-hydrogen) atoms.